The van der Waals surface area contributed by atoms with Crippen molar-refractivity contribution >= 4 is 5.90 Å². The Hall–Kier alpha value is -0.570. The van der Waals surface area contributed by atoms with E-state index in [2.05, 4.69) is 10.5 Å². The number of hydrogen-bond donors (Lipinski definition) is 1. The van der Waals surface area contributed by atoms with Crippen molar-refractivity contribution in [1.29, 1.82) is 0 Å². The van der Waals surface area contributed by atoms with Crippen LogP contribution in [0.25, 0.3) is 0 Å². The fourth-order valence-corrected chi connectivity index (χ4v) is 0.627. The van der Waals surface area contributed by atoms with Crippen LogP contribution < -0.4 is 5.48 Å². The van der Waals surface area contributed by atoms with Crippen molar-refractivity contribution in [2.75, 3.05) is 7.05 Å². The molecule has 0 saturated carbocycles. The molecule has 72 valence electrons. The summed E-state index contributed by atoms with van der Waals surface area (Å²) in [4.78, 5) is 9.34. The van der Waals surface area contributed by atoms with E-state index in [1.807, 2.05) is 34.6 Å². The normalized spacial score (nSPS) is 13.8. The Morgan fingerprint density at radius 2 is 1.83 bits per heavy atom. The molecular formula is C9H20N2O. The molecule has 0 aliphatic carbocycles. The standard InChI is InChI=1S/C9H20N2O/c1-7(2)8(10-6)12-11-9(3,4)5/h7,11H,1-6H3/b10-8-. The highest BCUT2D eigenvalue weighted by atomic mass is 16.7. The van der Waals surface area contributed by atoms with Crippen molar-refractivity contribution in [3.05, 3.63) is 0 Å². The van der Waals surface area contributed by atoms with Crippen molar-refractivity contribution < 1.29 is 4.84 Å². The fourth-order valence-electron chi connectivity index (χ4n) is 0.627. The van der Waals surface area contributed by atoms with E-state index in [0.717, 1.165) is 5.90 Å². The highest BCUT2D eigenvalue weighted by Crippen LogP contribution is 2.02. The first kappa shape index (κ1) is 11.4. The molecule has 0 aromatic carbocycles. The summed E-state index contributed by atoms with van der Waals surface area (Å²) in [6.07, 6.45) is 0. The minimum atomic E-state index is -0.0369. The van der Waals surface area contributed by atoms with E-state index in [-0.39, 0.29) is 5.54 Å². The van der Waals surface area contributed by atoms with Crippen molar-refractivity contribution in [1.82, 2.24) is 5.48 Å². The van der Waals surface area contributed by atoms with Crippen LogP contribution in [0, 0.1) is 5.92 Å². The average molecular weight is 172 g/mol. The second-order valence-electron chi connectivity index (χ2n) is 4.17. The molecule has 0 spiro atoms. The van der Waals surface area contributed by atoms with Gasteiger partial charge in [0.05, 0.1) is 0 Å². The molecule has 0 atom stereocenters. The third-order valence-electron chi connectivity index (χ3n) is 1.18. The maximum atomic E-state index is 5.32. The molecule has 0 bridgehead atoms. The van der Waals surface area contributed by atoms with Gasteiger partial charge < -0.3 is 4.84 Å². The van der Waals surface area contributed by atoms with Crippen molar-refractivity contribution in [2.24, 2.45) is 10.9 Å². The quantitative estimate of drug-likeness (QED) is 0.392. The van der Waals surface area contributed by atoms with Crippen molar-refractivity contribution in [2.45, 2.75) is 40.2 Å². The molecule has 0 aromatic heterocycles. The van der Waals surface area contributed by atoms with Crippen molar-refractivity contribution in [3.63, 3.8) is 0 Å². The van der Waals surface area contributed by atoms with Crippen LogP contribution in [-0.4, -0.2) is 18.5 Å². The predicted molar refractivity (Wildman–Crippen MR) is 52.2 cm³/mol. The molecule has 0 aliphatic rings. The van der Waals surface area contributed by atoms with Gasteiger partial charge >= 0.3 is 0 Å². The summed E-state index contributed by atoms with van der Waals surface area (Å²) in [7, 11) is 1.74. The lowest BCUT2D eigenvalue weighted by atomic mass is 10.1. The summed E-state index contributed by atoms with van der Waals surface area (Å²) in [5.41, 5.74) is 2.89. The number of aliphatic imine (C=N–C) groups is 1. The van der Waals surface area contributed by atoms with Gasteiger partial charge in [0.2, 0.25) is 5.90 Å². The zero-order valence-corrected chi connectivity index (χ0v) is 8.93. The lowest BCUT2D eigenvalue weighted by molar-refractivity contribution is 0.0975. The molecule has 12 heavy (non-hydrogen) atoms. The Morgan fingerprint density at radius 1 is 1.33 bits per heavy atom. The second kappa shape index (κ2) is 4.45. The fraction of sp³-hybridized carbons (Fsp3) is 0.889. The Kier molecular flexibility index (Phi) is 4.24. The summed E-state index contributed by atoms with van der Waals surface area (Å²) in [6.45, 7) is 10.2. The van der Waals surface area contributed by atoms with Gasteiger partial charge in [-0.05, 0) is 20.8 Å². The number of rotatable bonds is 2. The van der Waals surface area contributed by atoms with Gasteiger partial charge in [-0.15, -0.1) is 5.48 Å². The monoisotopic (exact) mass is 172 g/mol. The second-order valence-corrected chi connectivity index (χ2v) is 4.17. The Balaban J connectivity index is 3.92. The van der Waals surface area contributed by atoms with Crippen LogP contribution >= 0.6 is 0 Å². The highest BCUT2D eigenvalue weighted by molar-refractivity contribution is 5.77. The molecule has 0 aromatic rings. The van der Waals surface area contributed by atoms with E-state index >= 15 is 0 Å². The first-order chi connectivity index (χ1) is 5.37. The SMILES string of the molecule is C/N=C(\ONC(C)(C)C)C(C)C. The summed E-state index contributed by atoms with van der Waals surface area (Å²) in [6, 6.07) is 0. The van der Waals surface area contributed by atoms with Crippen LogP contribution in [-0.2, 0) is 4.84 Å². The number of hydrogen-bond acceptors (Lipinski definition) is 3. The molecule has 0 fully saturated rings. The van der Waals surface area contributed by atoms with Crippen LogP contribution in [0.2, 0.25) is 0 Å². The van der Waals surface area contributed by atoms with E-state index in [9.17, 15) is 0 Å². The minimum Gasteiger partial charge on any atom is -0.393 e. The van der Waals surface area contributed by atoms with Crippen LogP contribution in [0.4, 0.5) is 0 Å². The zero-order valence-electron chi connectivity index (χ0n) is 8.93. The third kappa shape index (κ3) is 5.13. The number of nitrogens with one attached hydrogen (secondary N) is 1. The summed E-state index contributed by atoms with van der Waals surface area (Å²) in [5.74, 6) is 1.06. The van der Waals surface area contributed by atoms with E-state index in [0.29, 0.717) is 5.92 Å². The third-order valence-corrected chi connectivity index (χ3v) is 1.18. The molecular weight excluding hydrogens is 152 g/mol. The number of nitrogens with zero attached hydrogens (tertiary/aromatic N) is 1. The Labute approximate surface area is 75.2 Å². The van der Waals surface area contributed by atoms with Gasteiger partial charge in [0.25, 0.3) is 0 Å². The van der Waals surface area contributed by atoms with Gasteiger partial charge in [0.15, 0.2) is 0 Å². The predicted octanol–water partition coefficient (Wildman–Crippen LogP) is 1.99. The molecule has 0 amide bonds. The van der Waals surface area contributed by atoms with Crippen molar-refractivity contribution in [3.8, 4) is 0 Å². The molecule has 0 radical (unpaired) electrons. The molecule has 0 heterocycles. The maximum Gasteiger partial charge on any atom is 0.211 e. The molecule has 0 unspecified atom stereocenters. The Bertz CT molecular complexity index is 156. The molecule has 0 aliphatic heterocycles. The van der Waals surface area contributed by atoms with Gasteiger partial charge in [-0.2, -0.15) is 0 Å². The van der Waals surface area contributed by atoms with Gasteiger partial charge in [-0.3, -0.25) is 4.99 Å². The van der Waals surface area contributed by atoms with Crippen LogP contribution in [0.5, 0.6) is 0 Å². The van der Waals surface area contributed by atoms with Gasteiger partial charge in [0.1, 0.15) is 0 Å². The lowest BCUT2D eigenvalue weighted by Crippen LogP contribution is -2.38. The minimum absolute atomic E-state index is 0.0369. The highest BCUT2D eigenvalue weighted by Gasteiger charge is 2.12. The summed E-state index contributed by atoms with van der Waals surface area (Å²) >= 11 is 0. The van der Waals surface area contributed by atoms with Crippen LogP contribution in [0.15, 0.2) is 4.99 Å². The zero-order chi connectivity index (χ0) is 9.78. The molecule has 1 N–H and O–H groups in total. The van der Waals surface area contributed by atoms with Crippen LogP contribution in [0.1, 0.15) is 34.6 Å². The molecule has 0 saturated heterocycles. The molecule has 0 rings (SSSR count). The molecule has 3 nitrogen and oxygen atoms in total. The smallest absolute Gasteiger partial charge is 0.211 e. The largest absolute Gasteiger partial charge is 0.393 e. The maximum absolute atomic E-state index is 5.32. The van der Waals surface area contributed by atoms with Crippen LogP contribution in [0.3, 0.4) is 0 Å². The first-order valence-corrected chi connectivity index (χ1v) is 4.27. The molecule has 3 heteroatoms. The van der Waals surface area contributed by atoms with E-state index in [1.165, 1.54) is 0 Å². The Morgan fingerprint density at radius 3 is 2.08 bits per heavy atom. The first-order valence-electron chi connectivity index (χ1n) is 4.27. The van der Waals surface area contributed by atoms with E-state index in [1.54, 1.807) is 7.05 Å². The van der Waals surface area contributed by atoms with E-state index in [4.69, 9.17) is 4.84 Å². The number of hydroxylamine groups is 1. The summed E-state index contributed by atoms with van der Waals surface area (Å²) in [5, 5.41) is 0. The lowest BCUT2D eigenvalue weighted by Gasteiger charge is -2.21. The van der Waals surface area contributed by atoms with E-state index < -0.39 is 0 Å². The van der Waals surface area contributed by atoms with Gasteiger partial charge in [-0.25, -0.2) is 0 Å². The van der Waals surface area contributed by atoms with Gasteiger partial charge in [0, 0.05) is 18.5 Å². The van der Waals surface area contributed by atoms with Gasteiger partial charge in [-0.1, -0.05) is 13.8 Å². The summed E-state index contributed by atoms with van der Waals surface area (Å²) < 4.78 is 0. The topological polar surface area (TPSA) is 33.6 Å². The average Bonchev–Trinajstić information content (AvgIpc) is 1.85.